The molecule has 2 aromatic carbocycles. The van der Waals surface area contributed by atoms with Crippen molar-refractivity contribution in [1.82, 2.24) is 9.97 Å². The Balaban J connectivity index is 1.91. The van der Waals surface area contributed by atoms with Crippen LogP contribution in [0.15, 0.2) is 47.3 Å². The number of methoxy groups -OCH3 is 1. The van der Waals surface area contributed by atoms with Crippen molar-refractivity contribution in [2.45, 2.75) is 20.3 Å². The van der Waals surface area contributed by atoms with E-state index < -0.39 is 0 Å². The van der Waals surface area contributed by atoms with E-state index in [1.807, 2.05) is 50.2 Å². The number of ether oxygens (including phenoxy) is 1. The predicted octanol–water partition coefficient (Wildman–Crippen LogP) is 4.38. The van der Waals surface area contributed by atoms with Crippen molar-refractivity contribution >= 4 is 23.2 Å². The fourth-order valence-corrected chi connectivity index (χ4v) is 2.89. The van der Waals surface area contributed by atoms with Crippen LogP contribution in [0.3, 0.4) is 0 Å². The minimum atomic E-state index is -0.159. The van der Waals surface area contributed by atoms with E-state index in [0.29, 0.717) is 40.1 Å². The van der Waals surface area contributed by atoms with E-state index in [0.717, 1.165) is 11.1 Å². The Morgan fingerprint density at radius 2 is 1.92 bits per heavy atom. The molecule has 6 heteroatoms. The number of anilines is 2. The van der Waals surface area contributed by atoms with Crippen molar-refractivity contribution in [3.8, 4) is 5.75 Å². The Kier molecular flexibility index (Phi) is 5.28. The molecule has 0 radical (unpaired) electrons. The molecule has 0 bridgehead atoms. The summed E-state index contributed by atoms with van der Waals surface area (Å²) in [6.07, 6.45) is 0.540. The van der Waals surface area contributed by atoms with Gasteiger partial charge in [-0.05, 0) is 31.0 Å². The van der Waals surface area contributed by atoms with E-state index in [1.54, 1.807) is 13.2 Å². The number of halogens is 1. The van der Waals surface area contributed by atoms with Crippen molar-refractivity contribution in [3.05, 3.63) is 80.2 Å². The molecule has 0 saturated heterocycles. The maximum Gasteiger partial charge on any atom is 0.256 e. The normalized spacial score (nSPS) is 10.6. The molecule has 3 aromatic rings. The molecule has 5 nitrogen and oxygen atoms in total. The summed E-state index contributed by atoms with van der Waals surface area (Å²) in [6, 6.07) is 13.4. The lowest BCUT2D eigenvalue weighted by atomic mass is 10.1. The van der Waals surface area contributed by atoms with Gasteiger partial charge in [0.05, 0.1) is 18.5 Å². The highest BCUT2D eigenvalue weighted by Crippen LogP contribution is 2.32. The van der Waals surface area contributed by atoms with E-state index in [-0.39, 0.29) is 5.56 Å². The largest absolute Gasteiger partial charge is 0.495 e. The third kappa shape index (κ3) is 3.89. The lowest BCUT2D eigenvalue weighted by molar-refractivity contribution is 0.416. The van der Waals surface area contributed by atoms with E-state index in [4.69, 9.17) is 16.3 Å². The van der Waals surface area contributed by atoms with Crippen LogP contribution in [0.5, 0.6) is 5.75 Å². The third-order valence-electron chi connectivity index (χ3n) is 4.18. The molecule has 0 aliphatic carbocycles. The van der Waals surface area contributed by atoms with Crippen LogP contribution >= 0.6 is 11.6 Å². The quantitative estimate of drug-likeness (QED) is 0.700. The first-order valence-electron chi connectivity index (χ1n) is 8.23. The number of rotatable bonds is 5. The zero-order chi connectivity index (χ0) is 18.7. The molecule has 1 aromatic heterocycles. The van der Waals surface area contributed by atoms with E-state index >= 15 is 0 Å². The number of nitrogens with zero attached hydrogens (tertiary/aromatic N) is 1. The third-order valence-corrected chi connectivity index (χ3v) is 4.59. The number of aryl methyl sites for hydroxylation is 2. The van der Waals surface area contributed by atoms with Crippen molar-refractivity contribution in [1.29, 1.82) is 0 Å². The molecule has 0 atom stereocenters. The summed E-state index contributed by atoms with van der Waals surface area (Å²) in [4.78, 5) is 19.8. The Bertz CT molecular complexity index is 984. The maximum absolute atomic E-state index is 12.5. The van der Waals surface area contributed by atoms with Gasteiger partial charge in [-0.2, -0.15) is 0 Å². The SMILES string of the molecule is COc1cc(Cl)c(C)cc1Nc1nc(C)c(Cc2ccccc2)c(=O)[nH]1. The van der Waals surface area contributed by atoms with Crippen LogP contribution in [0.2, 0.25) is 5.02 Å². The van der Waals surface area contributed by atoms with E-state index in [2.05, 4.69) is 15.3 Å². The van der Waals surface area contributed by atoms with Crippen LogP contribution in [0.1, 0.15) is 22.4 Å². The summed E-state index contributed by atoms with van der Waals surface area (Å²) in [5, 5.41) is 3.73. The molecule has 0 saturated carbocycles. The number of benzene rings is 2. The summed E-state index contributed by atoms with van der Waals surface area (Å²) in [5.74, 6) is 0.943. The minimum absolute atomic E-state index is 0.159. The molecule has 134 valence electrons. The number of hydrogen-bond acceptors (Lipinski definition) is 4. The lowest BCUT2D eigenvalue weighted by Gasteiger charge is -2.13. The Morgan fingerprint density at radius 1 is 1.19 bits per heavy atom. The zero-order valence-corrected chi connectivity index (χ0v) is 15.6. The Labute approximate surface area is 157 Å². The highest BCUT2D eigenvalue weighted by atomic mass is 35.5. The summed E-state index contributed by atoms with van der Waals surface area (Å²) in [7, 11) is 1.57. The standard InChI is InChI=1S/C20H20ClN3O2/c1-12-9-17(18(26-3)11-16(12)21)23-20-22-13(2)15(19(25)24-20)10-14-7-5-4-6-8-14/h4-9,11H,10H2,1-3H3,(H2,22,23,24,25). The Hall–Kier alpha value is -2.79. The number of nitrogens with one attached hydrogen (secondary N) is 2. The van der Waals surface area contributed by atoms with Crippen molar-refractivity contribution < 1.29 is 4.74 Å². The first-order valence-corrected chi connectivity index (χ1v) is 8.60. The molecular formula is C20H20ClN3O2. The highest BCUT2D eigenvalue weighted by molar-refractivity contribution is 6.31. The average Bonchev–Trinajstić information content (AvgIpc) is 2.62. The van der Waals surface area contributed by atoms with Crippen molar-refractivity contribution in [2.24, 2.45) is 0 Å². The number of H-pyrrole nitrogens is 1. The van der Waals surface area contributed by atoms with Crippen molar-refractivity contribution in [2.75, 3.05) is 12.4 Å². The summed E-state index contributed by atoms with van der Waals surface area (Å²) in [5.41, 5.74) is 3.83. The fraction of sp³-hybridized carbons (Fsp3) is 0.200. The van der Waals surface area contributed by atoms with Gasteiger partial charge >= 0.3 is 0 Å². The molecular weight excluding hydrogens is 350 g/mol. The number of aromatic amines is 1. The van der Waals surface area contributed by atoms with E-state index in [1.165, 1.54) is 0 Å². The second kappa shape index (κ2) is 7.62. The Morgan fingerprint density at radius 3 is 2.58 bits per heavy atom. The molecule has 0 amide bonds. The van der Waals surface area contributed by atoms with E-state index in [9.17, 15) is 4.79 Å². The number of aromatic nitrogens is 2. The van der Waals surface area contributed by atoms with Crippen LogP contribution in [0.25, 0.3) is 0 Å². The smallest absolute Gasteiger partial charge is 0.256 e. The molecule has 0 unspecified atom stereocenters. The minimum Gasteiger partial charge on any atom is -0.495 e. The molecule has 0 spiro atoms. The second-order valence-corrected chi connectivity index (χ2v) is 6.47. The zero-order valence-electron chi connectivity index (χ0n) is 14.9. The lowest BCUT2D eigenvalue weighted by Crippen LogP contribution is -2.18. The van der Waals surface area contributed by atoms with Gasteiger partial charge in [0.15, 0.2) is 0 Å². The van der Waals surface area contributed by atoms with Gasteiger partial charge in [-0.15, -0.1) is 0 Å². The van der Waals surface area contributed by atoms with Gasteiger partial charge in [-0.1, -0.05) is 41.9 Å². The van der Waals surface area contributed by atoms with Crippen LogP contribution in [-0.4, -0.2) is 17.1 Å². The van der Waals surface area contributed by atoms with Gasteiger partial charge in [0.25, 0.3) is 5.56 Å². The molecule has 26 heavy (non-hydrogen) atoms. The summed E-state index contributed by atoms with van der Waals surface area (Å²) in [6.45, 7) is 3.74. The summed E-state index contributed by atoms with van der Waals surface area (Å²) < 4.78 is 5.35. The summed E-state index contributed by atoms with van der Waals surface area (Å²) >= 11 is 6.13. The van der Waals surface area contributed by atoms with Crippen LogP contribution in [0, 0.1) is 13.8 Å². The van der Waals surface area contributed by atoms with Gasteiger partial charge in [0.2, 0.25) is 5.95 Å². The first kappa shape index (κ1) is 18.0. The molecule has 1 heterocycles. The van der Waals surface area contributed by atoms with Gasteiger partial charge in [0.1, 0.15) is 5.75 Å². The highest BCUT2D eigenvalue weighted by Gasteiger charge is 2.12. The molecule has 0 aliphatic rings. The predicted molar refractivity (Wildman–Crippen MR) is 105 cm³/mol. The van der Waals surface area contributed by atoms with Gasteiger partial charge in [-0.25, -0.2) is 4.98 Å². The molecule has 0 aliphatic heterocycles. The van der Waals surface area contributed by atoms with Crippen LogP contribution < -0.4 is 15.6 Å². The van der Waals surface area contributed by atoms with Gasteiger partial charge in [-0.3, -0.25) is 9.78 Å². The topological polar surface area (TPSA) is 67.0 Å². The van der Waals surface area contributed by atoms with Crippen molar-refractivity contribution in [3.63, 3.8) is 0 Å². The van der Waals surface area contributed by atoms with Gasteiger partial charge < -0.3 is 10.1 Å². The average molecular weight is 370 g/mol. The van der Waals surface area contributed by atoms with Crippen LogP contribution in [0.4, 0.5) is 11.6 Å². The fourth-order valence-electron chi connectivity index (χ4n) is 2.74. The number of hydrogen-bond donors (Lipinski definition) is 2. The molecule has 3 rings (SSSR count). The monoisotopic (exact) mass is 369 g/mol. The second-order valence-electron chi connectivity index (χ2n) is 6.07. The maximum atomic E-state index is 12.5. The van der Waals surface area contributed by atoms with Gasteiger partial charge in [0, 0.05) is 23.1 Å². The molecule has 2 N–H and O–H groups in total. The first-order chi connectivity index (χ1) is 12.5. The molecule has 0 fully saturated rings. The van der Waals surface area contributed by atoms with Crippen LogP contribution in [-0.2, 0) is 6.42 Å².